The molecule has 1 aliphatic rings. The third-order valence-electron chi connectivity index (χ3n) is 13.5. The second-order valence-electron chi connectivity index (χ2n) is 21.4. The largest absolute Gasteiger partial charge is 0.478 e. The van der Waals surface area contributed by atoms with Gasteiger partial charge in [-0.15, -0.1) is 0 Å². The number of hydrogen-bond acceptors (Lipinski definition) is 8. The fraction of sp³-hybridized carbons (Fsp3) is 0.491. The Morgan fingerprint density at radius 1 is 0.764 bits per heavy atom. The molecule has 6 N–H and O–H groups in total. The van der Waals surface area contributed by atoms with E-state index in [9.17, 15) is 38.7 Å². The molecule has 0 saturated carbocycles. The molecule has 0 aliphatic carbocycles. The van der Waals surface area contributed by atoms with Crippen LogP contribution in [-0.2, 0) is 45.5 Å². The van der Waals surface area contributed by atoms with Crippen LogP contribution in [0.1, 0.15) is 131 Å². The zero-order chi connectivity index (χ0) is 53.8. The van der Waals surface area contributed by atoms with Crippen LogP contribution in [0.4, 0.5) is 11.4 Å². The third-order valence-corrected chi connectivity index (χ3v) is 13.5. The molecule has 0 aromatic heterocycles. The van der Waals surface area contributed by atoms with Crippen LogP contribution in [0.2, 0.25) is 0 Å². The van der Waals surface area contributed by atoms with Crippen molar-refractivity contribution in [1.82, 2.24) is 26.2 Å². The van der Waals surface area contributed by atoms with Gasteiger partial charge >= 0.3 is 5.97 Å². The van der Waals surface area contributed by atoms with E-state index >= 15 is 0 Å². The lowest BCUT2D eigenvalue weighted by molar-refractivity contribution is -0.141. The van der Waals surface area contributed by atoms with Gasteiger partial charge < -0.3 is 41.5 Å². The van der Waals surface area contributed by atoms with Crippen LogP contribution in [0.15, 0.2) is 84.4 Å². The number of nitrogens with one attached hydrogen (secondary N) is 5. The SMILES string of the molecule is CNC(C(=O)N[C@H](C(=O)N(C)[C@H](/C=C(\C)C(=O)O)C(C)C)C(C)(C)C)C(C)(C)c1cccc(NC(=O)[C@H](C)NC(=O)[C@@H](NC(=O)CCCCC(=O)N2Cc3ccccc3C(C)=Cc3ccccc32)C(C)C)c1. The van der Waals surface area contributed by atoms with E-state index in [2.05, 4.69) is 45.7 Å². The summed E-state index contributed by atoms with van der Waals surface area (Å²) in [5, 5.41) is 24.1. The minimum Gasteiger partial charge on any atom is -0.478 e. The van der Waals surface area contributed by atoms with Gasteiger partial charge in [0.2, 0.25) is 35.4 Å². The fourth-order valence-corrected chi connectivity index (χ4v) is 9.07. The molecule has 0 saturated heterocycles. The van der Waals surface area contributed by atoms with Crippen LogP contribution in [0.25, 0.3) is 11.6 Å². The van der Waals surface area contributed by atoms with Crippen LogP contribution in [-0.4, -0.2) is 95.7 Å². The van der Waals surface area contributed by atoms with Crippen molar-refractivity contribution in [3.05, 3.63) is 107 Å². The Bertz CT molecular complexity index is 2520. The number of para-hydroxylation sites is 1. The summed E-state index contributed by atoms with van der Waals surface area (Å²) in [6.07, 6.45) is 4.93. The number of carbonyl (C=O) groups is 7. The minimum atomic E-state index is -1.08. The Kier molecular flexibility index (Phi) is 20.3. The van der Waals surface area contributed by atoms with Gasteiger partial charge in [-0.2, -0.15) is 0 Å². The highest BCUT2D eigenvalue weighted by molar-refractivity contribution is 6.00. The summed E-state index contributed by atoms with van der Waals surface area (Å²) < 4.78 is 0. The highest BCUT2D eigenvalue weighted by Crippen LogP contribution is 2.34. The molecule has 0 fully saturated rings. The van der Waals surface area contributed by atoms with Crippen LogP contribution in [0.3, 0.4) is 0 Å². The van der Waals surface area contributed by atoms with E-state index in [1.165, 1.54) is 11.8 Å². The number of anilines is 2. The lowest BCUT2D eigenvalue weighted by Gasteiger charge is -2.40. The van der Waals surface area contributed by atoms with Gasteiger partial charge in [-0.25, -0.2) is 4.79 Å². The zero-order valence-electron chi connectivity index (χ0n) is 44.9. The molecule has 3 aromatic carbocycles. The van der Waals surface area contributed by atoms with Gasteiger partial charge in [0, 0.05) is 36.6 Å². The molecule has 1 heterocycles. The van der Waals surface area contributed by atoms with Gasteiger partial charge in [-0.3, -0.25) is 28.8 Å². The van der Waals surface area contributed by atoms with Gasteiger partial charge in [0.25, 0.3) is 0 Å². The van der Waals surface area contributed by atoms with Gasteiger partial charge in [-0.05, 0) is 110 Å². The lowest BCUT2D eigenvalue weighted by atomic mass is 9.76. The first-order valence-corrected chi connectivity index (χ1v) is 25.0. The van der Waals surface area contributed by atoms with Gasteiger partial charge in [0.05, 0.1) is 24.3 Å². The fourth-order valence-electron chi connectivity index (χ4n) is 9.07. The van der Waals surface area contributed by atoms with Gasteiger partial charge in [0.15, 0.2) is 0 Å². The smallest absolute Gasteiger partial charge is 0.331 e. The maximum Gasteiger partial charge on any atom is 0.331 e. The normalized spacial score (nSPS) is 15.0. The monoisotopic (exact) mass is 990 g/mol. The molecule has 4 rings (SSSR count). The summed E-state index contributed by atoms with van der Waals surface area (Å²) in [7, 11) is 3.27. The first kappa shape index (κ1) is 58.0. The summed E-state index contributed by atoms with van der Waals surface area (Å²) in [4.78, 5) is 97.5. The lowest BCUT2D eigenvalue weighted by Crippen LogP contribution is -2.61. The number of fused-ring (bicyclic) bond motifs is 2. The Morgan fingerprint density at radius 3 is 2.03 bits per heavy atom. The molecule has 15 nitrogen and oxygen atoms in total. The van der Waals surface area contributed by atoms with Crippen LogP contribution < -0.4 is 31.5 Å². The van der Waals surface area contributed by atoms with E-state index in [-0.39, 0.29) is 48.0 Å². The number of aliphatic carboxylic acids is 1. The van der Waals surface area contributed by atoms with Crippen LogP contribution in [0, 0.1) is 17.3 Å². The second kappa shape index (κ2) is 25.2. The molecular weight excluding hydrogens is 911 g/mol. The number of nitrogens with zero attached hydrogens (tertiary/aromatic N) is 2. The summed E-state index contributed by atoms with van der Waals surface area (Å²) in [6, 6.07) is 18.7. The Hall–Kier alpha value is -6.61. The van der Waals surface area contributed by atoms with Crippen molar-refractivity contribution in [1.29, 1.82) is 0 Å². The average molecular weight is 990 g/mol. The van der Waals surface area contributed by atoms with Crippen molar-refractivity contribution in [3.63, 3.8) is 0 Å². The molecule has 390 valence electrons. The van der Waals surface area contributed by atoms with Crippen molar-refractivity contribution in [3.8, 4) is 0 Å². The summed E-state index contributed by atoms with van der Waals surface area (Å²) in [5.74, 6) is -3.67. The third kappa shape index (κ3) is 15.0. The number of rotatable bonds is 21. The predicted octanol–water partition coefficient (Wildman–Crippen LogP) is 7.85. The second-order valence-corrected chi connectivity index (χ2v) is 21.4. The number of likely N-dealkylation sites (N-methyl/N-ethyl adjacent to an activating group) is 2. The number of carboxylic acid groups (broad SMARTS) is 1. The molecule has 5 atom stereocenters. The van der Waals surface area contributed by atoms with Crippen molar-refractivity contribution in [2.75, 3.05) is 24.3 Å². The number of carboxylic acids is 1. The van der Waals surface area contributed by atoms with Crippen molar-refractivity contribution < 1.29 is 38.7 Å². The Balaban J connectivity index is 1.35. The molecule has 3 aromatic rings. The maximum absolute atomic E-state index is 14.2. The molecule has 0 bridgehead atoms. The van der Waals surface area contributed by atoms with Gasteiger partial charge in [-0.1, -0.05) is 123 Å². The number of benzene rings is 3. The molecule has 1 aliphatic heterocycles. The molecular formula is C57H79N7O8. The Morgan fingerprint density at radius 2 is 1.40 bits per heavy atom. The van der Waals surface area contributed by atoms with E-state index in [0.29, 0.717) is 30.6 Å². The minimum absolute atomic E-state index is 0.0390. The van der Waals surface area contributed by atoms with E-state index in [4.69, 9.17) is 0 Å². The van der Waals surface area contributed by atoms with E-state index in [1.54, 1.807) is 59.1 Å². The van der Waals surface area contributed by atoms with Crippen molar-refractivity contribution in [2.24, 2.45) is 17.3 Å². The highest BCUT2D eigenvalue weighted by Gasteiger charge is 2.42. The molecule has 0 spiro atoms. The highest BCUT2D eigenvalue weighted by atomic mass is 16.4. The molecule has 6 amide bonds. The topological polar surface area (TPSA) is 206 Å². The number of unbranched alkanes of at least 4 members (excludes halogenated alkanes) is 1. The summed E-state index contributed by atoms with van der Waals surface area (Å²) >= 11 is 0. The van der Waals surface area contributed by atoms with Gasteiger partial charge in [0.1, 0.15) is 18.1 Å². The average Bonchev–Trinajstić information content (AvgIpc) is 3.31. The van der Waals surface area contributed by atoms with Crippen LogP contribution in [0.5, 0.6) is 0 Å². The molecule has 15 heteroatoms. The molecule has 0 radical (unpaired) electrons. The zero-order valence-corrected chi connectivity index (χ0v) is 44.9. The summed E-state index contributed by atoms with van der Waals surface area (Å²) in [5.41, 5.74) is 4.72. The number of amides is 6. The first-order valence-electron chi connectivity index (χ1n) is 25.0. The number of allylic oxidation sites excluding steroid dienone is 1. The number of carbonyl (C=O) groups excluding carboxylic acids is 6. The van der Waals surface area contributed by atoms with Crippen molar-refractivity contribution >= 4 is 64.4 Å². The van der Waals surface area contributed by atoms with E-state index in [0.717, 1.165) is 28.0 Å². The standard InChI is InChI=1S/C57H79N7O8/c1-34(2)45(31-37(6)55(71)72)63(14)54(70)50(56(8,9)10)62-53(69)49(58-13)57(11,12)41-24-21-25-42(32-41)60-51(67)38(7)59-52(68)48(35(3)4)61-46(65)28-19-20-29-47(66)64-33-40-23-15-17-26-43(40)36(5)30-39-22-16-18-27-44(39)64/h15-18,21-27,30-32,34-35,38,45,48-50,58H,19-20,28-29,33H2,1-14H3,(H,59,68)(H,60,67)(H,61,65)(H,62,69)(H,71,72)/b36-30?,37-31+/t38-,45+,48-,49?,50+/m0/s1. The van der Waals surface area contributed by atoms with E-state index < -0.39 is 64.7 Å². The number of hydrogen-bond donors (Lipinski definition) is 6. The van der Waals surface area contributed by atoms with Crippen LogP contribution >= 0.6 is 0 Å². The predicted molar refractivity (Wildman–Crippen MR) is 286 cm³/mol. The van der Waals surface area contributed by atoms with E-state index in [1.807, 2.05) is 102 Å². The Labute approximate surface area is 427 Å². The molecule has 72 heavy (non-hydrogen) atoms. The quantitative estimate of drug-likeness (QED) is 0.0454. The maximum atomic E-state index is 14.2. The summed E-state index contributed by atoms with van der Waals surface area (Å²) in [6.45, 7) is 22.3. The van der Waals surface area contributed by atoms with Crippen molar-refractivity contribution in [2.45, 2.75) is 151 Å². The molecule has 1 unspecified atom stereocenters. The first-order chi connectivity index (χ1) is 33.7.